The molecular weight excluding hydrogens is 292 g/mol. The number of anilines is 1. The summed E-state index contributed by atoms with van der Waals surface area (Å²) < 4.78 is 2.73. The third-order valence-electron chi connectivity index (χ3n) is 2.69. The standard InChI is InChI=1S/C14H15BrN2O/c1-11-6-8-17(14(18)10-11)9-7-16-13-5-3-2-4-12(13)15/h2-6,8,10,16H,7,9H2,1H3. The minimum Gasteiger partial charge on any atom is -0.382 e. The van der Waals surface area contributed by atoms with Gasteiger partial charge in [-0.15, -0.1) is 0 Å². The van der Waals surface area contributed by atoms with Crippen LogP contribution in [0.2, 0.25) is 0 Å². The van der Waals surface area contributed by atoms with E-state index in [9.17, 15) is 4.79 Å². The van der Waals surface area contributed by atoms with E-state index in [1.54, 1.807) is 10.6 Å². The van der Waals surface area contributed by atoms with E-state index in [0.717, 1.165) is 15.7 Å². The van der Waals surface area contributed by atoms with Crippen molar-refractivity contribution in [2.75, 3.05) is 11.9 Å². The van der Waals surface area contributed by atoms with Gasteiger partial charge < -0.3 is 9.88 Å². The van der Waals surface area contributed by atoms with E-state index < -0.39 is 0 Å². The minimum atomic E-state index is 0.0453. The Balaban J connectivity index is 1.97. The van der Waals surface area contributed by atoms with E-state index in [1.807, 2.05) is 43.5 Å². The Hall–Kier alpha value is -1.55. The summed E-state index contributed by atoms with van der Waals surface area (Å²) in [6, 6.07) is 11.5. The number of benzene rings is 1. The second kappa shape index (κ2) is 5.87. The monoisotopic (exact) mass is 306 g/mol. The van der Waals surface area contributed by atoms with Crippen LogP contribution in [0.1, 0.15) is 5.56 Å². The fraction of sp³-hybridized carbons (Fsp3) is 0.214. The van der Waals surface area contributed by atoms with Gasteiger partial charge in [0.2, 0.25) is 0 Å². The number of aryl methyl sites for hydroxylation is 1. The van der Waals surface area contributed by atoms with Gasteiger partial charge in [-0.3, -0.25) is 4.79 Å². The number of para-hydroxylation sites is 1. The molecule has 0 bridgehead atoms. The Morgan fingerprint density at radius 2 is 2.06 bits per heavy atom. The molecule has 0 saturated heterocycles. The van der Waals surface area contributed by atoms with Crippen molar-refractivity contribution in [2.24, 2.45) is 0 Å². The summed E-state index contributed by atoms with van der Waals surface area (Å²) in [6.07, 6.45) is 1.83. The Bertz CT molecular complexity index is 592. The molecule has 0 atom stereocenters. The molecule has 0 saturated carbocycles. The van der Waals surface area contributed by atoms with E-state index in [0.29, 0.717) is 13.1 Å². The molecule has 4 heteroatoms. The molecule has 0 aliphatic rings. The van der Waals surface area contributed by atoms with Crippen molar-refractivity contribution in [3.05, 3.63) is 63.0 Å². The molecule has 94 valence electrons. The first-order chi connectivity index (χ1) is 8.66. The largest absolute Gasteiger partial charge is 0.382 e. The van der Waals surface area contributed by atoms with Crippen molar-refractivity contribution in [1.29, 1.82) is 0 Å². The normalized spacial score (nSPS) is 10.3. The summed E-state index contributed by atoms with van der Waals surface area (Å²) in [5.74, 6) is 0. The number of hydrogen-bond acceptors (Lipinski definition) is 2. The highest BCUT2D eigenvalue weighted by Gasteiger charge is 1.98. The van der Waals surface area contributed by atoms with Crippen LogP contribution in [-0.2, 0) is 6.54 Å². The lowest BCUT2D eigenvalue weighted by molar-refractivity contribution is 0.696. The third-order valence-corrected chi connectivity index (χ3v) is 3.39. The van der Waals surface area contributed by atoms with Crippen LogP contribution in [0.25, 0.3) is 0 Å². The molecule has 1 aromatic carbocycles. The number of aromatic nitrogens is 1. The summed E-state index contributed by atoms with van der Waals surface area (Å²) in [6.45, 7) is 3.29. The van der Waals surface area contributed by atoms with Gasteiger partial charge >= 0.3 is 0 Å². The molecule has 3 nitrogen and oxygen atoms in total. The van der Waals surface area contributed by atoms with E-state index in [1.165, 1.54) is 0 Å². The van der Waals surface area contributed by atoms with Crippen molar-refractivity contribution >= 4 is 21.6 Å². The molecule has 2 rings (SSSR count). The van der Waals surface area contributed by atoms with Gasteiger partial charge in [-0.1, -0.05) is 12.1 Å². The van der Waals surface area contributed by atoms with E-state index in [-0.39, 0.29) is 5.56 Å². The zero-order valence-electron chi connectivity index (χ0n) is 10.2. The number of rotatable bonds is 4. The number of halogens is 1. The molecule has 1 N–H and O–H groups in total. The highest BCUT2D eigenvalue weighted by Crippen LogP contribution is 2.20. The summed E-state index contributed by atoms with van der Waals surface area (Å²) in [4.78, 5) is 11.7. The molecule has 0 radical (unpaired) electrons. The second-order valence-corrected chi connectivity index (χ2v) is 5.00. The first-order valence-electron chi connectivity index (χ1n) is 5.82. The molecule has 0 fully saturated rings. The van der Waals surface area contributed by atoms with Crippen molar-refractivity contribution in [3.63, 3.8) is 0 Å². The smallest absolute Gasteiger partial charge is 0.250 e. The van der Waals surface area contributed by atoms with Gasteiger partial charge in [0.05, 0.1) is 0 Å². The van der Waals surface area contributed by atoms with Crippen LogP contribution < -0.4 is 10.9 Å². The Labute approximate surface area is 115 Å². The molecule has 0 spiro atoms. The fourth-order valence-corrected chi connectivity index (χ4v) is 2.13. The predicted octanol–water partition coefficient (Wildman–Crippen LogP) is 3.03. The average Bonchev–Trinajstić information content (AvgIpc) is 2.34. The first-order valence-corrected chi connectivity index (χ1v) is 6.61. The highest BCUT2D eigenvalue weighted by atomic mass is 79.9. The van der Waals surface area contributed by atoms with Crippen molar-refractivity contribution < 1.29 is 0 Å². The van der Waals surface area contributed by atoms with Gasteiger partial charge in [0.1, 0.15) is 0 Å². The lowest BCUT2D eigenvalue weighted by Gasteiger charge is -2.10. The summed E-state index contributed by atoms with van der Waals surface area (Å²) in [5, 5.41) is 3.30. The van der Waals surface area contributed by atoms with E-state index in [2.05, 4.69) is 21.2 Å². The van der Waals surface area contributed by atoms with Crippen LogP contribution in [0, 0.1) is 6.92 Å². The number of hydrogen-bond donors (Lipinski definition) is 1. The fourth-order valence-electron chi connectivity index (χ4n) is 1.71. The molecule has 0 aliphatic carbocycles. The second-order valence-electron chi connectivity index (χ2n) is 4.14. The minimum absolute atomic E-state index is 0.0453. The Morgan fingerprint density at radius 1 is 1.28 bits per heavy atom. The van der Waals surface area contributed by atoms with Crippen LogP contribution in [0.15, 0.2) is 51.9 Å². The zero-order valence-corrected chi connectivity index (χ0v) is 11.8. The van der Waals surface area contributed by atoms with Crippen LogP contribution in [0.4, 0.5) is 5.69 Å². The highest BCUT2D eigenvalue weighted by molar-refractivity contribution is 9.10. The quantitative estimate of drug-likeness (QED) is 0.942. The average molecular weight is 307 g/mol. The van der Waals surface area contributed by atoms with E-state index in [4.69, 9.17) is 0 Å². The Kier molecular flexibility index (Phi) is 4.20. The lowest BCUT2D eigenvalue weighted by Crippen LogP contribution is -2.22. The molecule has 2 aromatic rings. The topological polar surface area (TPSA) is 34.0 Å². The lowest BCUT2D eigenvalue weighted by atomic mass is 10.3. The molecule has 18 heavy (non-hydrogen) atoms. The van der Waals surface area contributed by atoms with Gasteiger partial charge in [-0.2, -0.15) is 0 Å². The van der Waals surface area contributed by atoms with Crippen LogP contribution in [0.3, 0.4) is 0 Å². The first kappa shape index (κ1) is 12.9. The van der Waals surface area contributed by atoms with Crippen LogP contribution in [-0.4, -0.2) is 11.1 Å². The molecule has 0 unspecified atom stereocenters. The van der Waals surface area contributed by atoms with Gasteiger partial charge in [-0.25, -0.2) is 0 Å². The molecule has 0 aliphatic heterocycles. The van der Waals surface area contributed by atoms with Crippen molar-refractivity contribution in [2.45, 2.75) is 13.5 Å². The van der Waals surface area contributed by atoms with Crippen molar-refractivity contribution in [3.8, 4) is 0 Å². The van der Waals surface area contributed by atoms with Crippen LogP contribution in [0.5, 0.6) is 0 Å². The maximum atomic E-state index is 11.7. The molecular formula is C14H15BrN2O. The summed E-state index contributed by atoms with van der Waals surface area (Å²) in [5.41, 5.74) is 2.08. The van der Waals surface area contributed by atoms with Gasteiger partial charge in [0.15, 0.2) is 0 Å². The SMILES string of the molecule is Cc1ccn(CCNc2ccccc2Br)c(=O)c1. The molecule has 0 amide bonds. The third kappa shape index (κ3) is 3.23. The number of pyridine rings is 1. The predicted molar refractivity (Wildman–Crippen MR) is 78.1 cm³/mol. The van der Waals surface area contributed by atoms with Gasteiger partial charge in [0.25, 0.3) is 5.56 Å². The Morgan fingerprint density at radius 3 is 2.78 bits per heavy atom. The van der Waals surface area contributed by atoms with Crippen LogP contribution >= 0.6 is 15.9 Å². The maximum absolute atomic E-state index is 11.7. The van der Waals surface area contributed by atoms with Gasteiger partial charge in [-0.05, 0) is 46.6 Å². The van der Waals surface area contributed by atoms with Crippen molar-refractivity contribution in [1.82, 2.24) is 4.57 Å². The maximum Gasteiger partial charge on any atom is 0.250 e. The number of nitrogens with one attached hydrogen (secondary N) is 1. The van der Waals surface area contributed by atoms with E-state index >= 15 is 0 Å². The summed E-state index contributed by atoms with van der Waals surface area (Å²) in [7, 11) is 0. The number of nitrogens with zero attached hydrogens (tertiary/aromatic N) is 1. The van der Waals surface area contributed by atoms with Gasteiger partial charge in [0, 0.05) is 35.5 Å². The summed E-state index contributed by atoms with van der Waals surface area (Å²) >= 11 is 3.48. The molecule has 1 aromatic heterocycles. The molecule has 1 heterocycles. The zero-order chi connectivity index (χ0) is 13.0.